The number of sulfonamides is 1. The number of furan rings is 1. The van der Waals surface area contributed by atoms with Crippen LogP contribution in [-0.4, -0.2) is 36.7 Å². The molecule has 0 bridgehead atoms. The second kappa shape index (κ2) is 8.67. The van der Waals surface area contributed by atoms with E-state index in [0.717, 1.165) is 11.0 Å². The van der Waals surface area contributed by atoms with Gasteiger partial charge in [-0.2, -0.15) is 4.31 Å². The molecule has 1 N–H and O–H groups in total. The molecule has 2 aromatic carbocycles. The molecule has 4 aromatic rings. The van der Waals surface area contributed by atoms with Crippen molar-refractivity contribution in [2.24, 2.45) is 0 Å². The van der Waals surface area contributed by atoms with Gasteiger partial charge in [0.2, 0.25) is 10.0 Å². The van der Waals surface area contributed by atoms with Crippen molar-refractivity contribution < 1.29 is 17.6 Å². The lowest BCUT2D eigenvalue weighted by Gasteiger charge is -2.21. The van der Waals surface area contributed by atoms with Crippen molar-refractivity contribution in [2.75, 3.05) is 12.4 Å². The fraction of sp³-hybridized carbons (Fsp3) is 0.182. The molecule has 166 valence electrons. The molecule has 0 saturated heterocycles. The first-order valence-electron chi connectivity index (χ1n) is 9.70. The first-order chi connectivity index (χ1) is 15.2. The van der Waals surface area contributed by atoms with Crippen LogP contribution in [0.15, 0.2) is 63.2 Å². The van der Waals surface area contributed by atoms with Crippen LogP contribution >= 0.6 is 22.9 Å². The summed E-state index contributed by atoms with van der Waals surface area (Å²) in [6.07, 6.45) is 0. The standard InChI is InChI=1S/C22H20ClN3O4S2/c1-13(2)26(3)32(28,29)15-8-9-17(23)16(11-15)21(27)25-22-24-18(12-31-22)20-10-14-6-4-5-7-19(14)30-20/h4-13H,1-3H3,(H,24,25,27). The number of nitrogens with zero attached hydrogens (tertiary/aromatic N) is 2. The molecule has 2 aromatic heterocycles. The van der Waals surface area contributed by atoms with E-state index in [4.69, 9.17) is 16.0 Å². The van der Waals surface area contributed by atoms with E-state index in [9.17, 15) is 13.2 Å². The predicted octanol–water partition coefficient (Wildman–Crippen LogP) is 5.49. The number of amides is 1. The lowest BCUT2D eigenvalue weighted by atomic mass is 10.2. The largest absolute Gasteiger partial charge is 0.454 e. The van der Waals surface area contributed by atoms with Crippen LogP contribution in [-0.2, 0) is 10.0 Å². The van der Waals surface area contributed by atoms with Crippen molar-refractivity contribution in [3.05, 3.63) is 64.5 Å². The molecule has 0 spiro atoms. The summed E-state index contributed by atoms with van der Waals surface area (Å²) in [5.74, 6) is 0.0375. The Bertz CT molecular complexity index is 1380. The number of halogens is 1. The number of carbonyl (C=O) groups is 1. The highest BCUT2D eigenvalue weighted by molar-refractivity contribution is 7.89. The maximum absolute atomic E-state index is 12.8. The van der Waals surface area contributed by atoms with Crippen LogP contribution in [0.3, 0.4) is 0 Å². The Balaban J connectivity index is 1.58. The van der Waals surface area contributed by atoms with Crippen LogP contribution in [0.1, 0.15) is 24.2 Å². The van der Waals surface area contributed by atoms with Crippen molar-refractivity contribution in [1.29, 1.82) is 0 Å². The first kappa shape index (κ1) is 22.5. The monoisotopic (exact) mass is 489 g/mol. The van der Waals surface area contributed by atoms with E-state index >= 15 is 0 Å². The SMILES string of the molecule is CC(C)N(C)S(=O)(=O)c1ccc(Cl)c(C(=O)Nc2nc(-c3cc4ccccc4o3)cs2)c1. The summed E-state index contributed by atoms with van der Waals surface area (Å²) in [5.41, 5.74) is 1.38. The number of fused-ring (bicyclic) bond motifs is 1. The molecular weight excluding hydrogens is 470 g/mol. The van der Waals surface area contributed by atoms with E-state index in [0.29, 0.717) is 16.6 Å². The highest BCUT2D eigenvalue weighted by Crippen LogP contribution is 2.31. The van der Waals surface area contributed by atoms with Crippen molar-refractivity contribution in [3.63, 3.8) is 0 Å². The molecule has 0 aliphatic heterocycles. The van der Waals surface area contributed by atoms with Gasteiger partial charge in [-0.15, -0.1) is 11.3 Å². The summed E-state index contributed by atoms with van der Waals surface area (Å²) < 4.78 is 32.6. The van der Waals surface area contributed by atoms with E-state index in [1.807, 2.05) is 30.3 Å². The van der Waals surface area contributed by atoms with E-state index < -0.39 is 15.9 Å². The average molecular weight is 490 g/mol. The molecule has 0 saturated carbocycles. The predicted molar refractivity (Wildman–Crippen MR) is 127 cm³/mol. The van der Waals surface area contributed by atoms with Gasteiger partial charge in [0, 0.05) is 23.9 Å². The Morgan fingerprint density at radius 3 is 2.66 bits per heavy atom. The summed E-state index contributed by atoms with van der Waals surface area (Å²) in [6.45, 7) is 3.53. The van der Waals surface area contributed by atoms with E-state index in [1.165, 1.54) is 40.9 Å². The van der Waals surface area contributed by atoms with Gasteiger partial charge in [0.15, 0.2) is 10.9 Å². The Kier molecular flexibility index (Phi) is 6.09. The second-order valence-corrected chi connectivity index (χ2v) is 10.7. The molecule has 2 heterocycles. The zero-order chi connectivity index (χ0) is 23.0. The molecule has 1 amide bonds. The summed E-state index contributed by atoms with van der Waals surface area (Å²) in [5, 5.41) is 5.90. The number of benzene rings is 2. The zero-order valence-corrected chi connectivity index (χ0v) is 19.9. The number of nitrogens with one attached hydrogen (secondary N) is 1. The van der Waals surface area contributed by atoms with Crippen molar-refractivity contribution in [2.45, 2.75) is 24.8 Å². The number of para-hydroxylation sites is 1. The van der Waals surface area contributed by atoms with Crippen LogP contribution in [0, 0.1) is 0 Å². The molecule has 0 atom stereocenters. The fourth-order valence-corrected chi connectivity index (χ4v) is 5.29. The average Bonchev–Trinajstić information content (AvgIpc) is 3.39. The molecule has 0 fully saturated rings. The lowest BCUT2D eigenvalue weighted by molar-refractivity contribution is 0.102. The van der Waals surface area contributed by atoms with E-state index in [1.54, 1.807) is 19.2 Å². The normalized spacial score (nSPS) is 12.1. The number of carbonyl (C=O) groups excluding carboxylic acids is 1. The number of hydrogen-bond acceptors (Lipinski definition) is 6. The molecule has 0 aliphatic rings. The minimum absolute atomic E-state index is 0.00893. The number of thiazole rings is 1. The lowest BCUT2D eigenvalue weighted by Crippen LogP contribution is -2.33. The minimum atomic E-state index is -3.76. The Hall–Kier alpha value is -2.72. The molecular formula is C22H20ClN3O4S2. The van der Waals surface area contributed by atoms with Crippen LogP contribution in [0.25, 0.3) is 22.4 Å². The second-order valence-electron chi connectivity index (χ2n) is 7.40. The molecule has 7 nitrogen and oxygen atoms in total. The topological polar surface area (TPSA) is 92.5 Å². The van der Waals surface area contributed by atoms with Crippen LogP contribution < -0.4 is 5.32 Å². The number of rotatable bonds is 6. The fourth-order valence-electron chi connectivity index (χ4n) is 3.00. The van der Waals surface area contributed by atoms with Crippen LogP contribution in [0.4, 0.5) is 5.13 Å². The summed E-state index contributed by atoms with van der Waals surface area (Å²) >= 11 is 7.42. The van der Waals surface area contributed by atoms with Gasteiger partial charge in [-0.25, -0.2) is 13.4 Å². The zero-order valence-electron chi connectivity index (χ0n) is 17.5. The number of anilines is 1. The smallest absolute Gasteiger partial charge is 0.259 e. The summed E-state index contributed by atoms with van der Waals surface area (Å²) in [4.78, 5) is 17.3. The van der Waals surface area contributed by atoms with Crippen molar-refractivity contribution >= 4 is 55.0 Å². The quantitative estimate of drug-likeness (QED) is 0.386. The summed E-state index contributed by atoms with van der Waals surface area (Å²) in [7, 11) is -2.27. The third-order valence-corrected chi connectivity index (χ3v) is 8.11. The van der Waals surface area contributed by atoms with Gasteiger partial charge in [0.05, 0.1) is 15.5 Å². The highest BCUT2D eigenvalue weighted by Gasteiger charge is 2.25. The third kappa shape index (κ3) is 4.29. The van der Waals surface area contributed by atoms with Crippen LogP contribution in [0.5, 0.6) is 0 Å². The Morgan fingerprint density at radius 1 is 1.19 bits per heavy atom. The molecule has 0 unspecified atom stereocenters. The maximum Gasteiger partial charge on any atom is 0.259 e. The number of hydrogen-bond donors (Lipinski definition) is 1. The van der Waals surface area contributed by atoms with E-state index in [2.05, 4.69) is 10.3 Å². The molecule has 32 heavy (non-hydrogen) atoms. The first-order valence-corrected chi connectivity index (χ1v) is 12.4. The molecule has 0 radical (unpaired) electrons. The molecule has 10 heteroatoms. The van der Waals surface area contributed by atoms with Crippen molar-refractivity contribution in [1.82, 2.24) is 9.29 Å². The maximum atomic E-state index is 12.8. The van der Waals surface area contributed by atoms with Gasteiger partial charge < -0.3 is 4.42 Å². The molecule has 4 rings (SSSR count). The van der Waals surface area contributed by atoms with Crippen molar-refractivity contribution in [3.8, 4) is 11.5 Å². The Labute approximate surface area is 194 Å². The van der Waals surface area contributed by atoms with Gasteiger partial charge in [0.25, 0.3) is 5.91 Å². The van der Waals surface area contributed by atoms with Gasteiger partial charge >= 0.3 is 0 Å². The van der Waals surface area contributed by atoms with Gasteiger partial charge in [-0.05, 0) is 44.2 Å². The van der Waals surface area contributed by atoms with E-state index in [-0.39, 0.29) is 21.5 Å². The van der Waals surface area contributed by atoms with Gasteiger partial charge in [0.1, 0.15) is 11.3 Å². The van der Waals surface area contributed by atoms with Crippen LogP contribution in [0.2, 0.25) is 5.02 Å². The van der Waals surface area contributed by atoms with Gasteiger partial charge in [-0.1, -0.05) is 29.8 Å². The Morgan fingerprint density at radius 2 is 1.94 bits per heavy atom. The molecule has 0 aliphatic carbocycles. The van der Waals surface area contributed by atoms with Gasteiger partial charge in [-0.3, -0.25) is 10.1 Å². The highest BCUT2D eigenvalue weighted by atomic mass is 35.5. The summed E-state index contributed by atoms with van der Waals surface area (Å²) in [6, 6.07) is 13.3. The third-order valence-electron chi connectivity index (χ3n) is 4.99. The minimum Gasteiger partial charge on any atom is -0.454 e. The number of aromatic nitrogens is 1.